The maximum atomic E-state index is 12.1. The molecule has 0 aromatic carbocycles. The van der Waals surface area contributed by atoms with E-state index in [1.165, 1.54) is 6.07 Å². The monoisotopic (exact) mass is 202 g/mol. The molecule has 0 aliphatic carbocycles. The molecule has 0 amide bonds. The van der Waals surface area contributed by atoms with E-state index in [1.807, 2.05) is 0 Å². The summed E-state index contributed by atoms with van der Waals surface area (Å²) in [6, 6.07) is 2.14. The lowest BCUT2D eigenvalue weighted by molar-refractivity contribution is -0.153. The van der Waals surface area contributed by atoms with Crippen molar-refractivity contribution in [1.82, 2.24) is 0 Å². The Morgan fingerprint density at radius 1 is 1.21 bits per heavy atom. The van der Waals surface area contributed by atoms with Crippen LogP contribution in [0.3, 0.4) is 0 Å². The predicted octanol–water partition coefficient (Wildman–Crippen LogP) is 3.21. The van der Waals surface area contributed by atoms with Crippen LogP contribution in [0.1, 0.15) is 25.4 Å². The van der Waals surface area contributed by atoms with Crippen LogP contribution in [0.2, 0.25) is 0 Å². The molecule has 76 valence electrons. The van der Waals surface area contributed by atoms with Gasteiger partial charge in [0.25, 0.3) is 0 Å². The highest BCUT2D eigenvalue weighted by atomic mass is 19.4. The van der Waals surface area contributed by atoms with E-state index in [-0.39, 0.29) is 5.76 Å². The Labute approximate surface area is 79.9 Å². The first kappa shape index (κ1) is 10.7. The van der Waals surface area contributed by atoms with Crippen molar-refractivity contribution in [2.45, 2.75) is 25.4 Å². The molecule has 0 saturated heterocycles. The van der Waals surface area contributed by atoms with Gasteiger partial charge < -0.3 is 4.42 Å². The summed E-state index contributed by atoms with van der Waals surface area (Å²) >= 11 is 0. The van der Waals surface area contributed by atoms with E-state index in [0.29, 0.717) is 0 Å². The number of hydrogen-bond donors (Lipinski definition) is 0. The lowest BCUT2D eigenvalue weighted by atomic mass is 9.92. The van der Waals surface area contributed by atoms with Crippen molar-refractivity contribution in [1.29, 1.82) is 0 Å². The Bertz CT molecular complexity index is 365. The molecule has 1 heterocycles. The van der Waals surface area contributed by atoms with Crippen LogP contribution in [0, 0.1) is 12.3 Å². The highest BCUT2D eigenvalue weighted by Gasteiger charge is 2.36. The second-order valence-corrected chi connectivity index (χ2v) is 3.43. The molecule has 14 heavy (non-hydrogen) atoms. The molecule has 0 radical (unpaired) electrons. The van der Waals surface area contributed by atoms with Gasteiger partial charge in [-0.25, -0.2) is 0 Å². The summed E-state index contributed by atoms with van der Waals surface area (Å²) in [7, 11) is 0. The third-order valence-corrected chi connectivity index (χ3v) is 1.86. The van der Waals surface area contributed by atoms with E-state index in [2.05, 4.69) is 10.3 Å². The van der Waals surface area contributed by atoms with Gasteiger partial charge in [0.2, 0.25) is 5.76 Å². The summed E-state index contributed by atoms with van der Waals surface area (Å²) in [6.45, 7) is 3.23. The van der Waals surface area contributed by atoms with Crippen LogP contribution < -0.4 is 0 Å². The SMILES string of the molecule is C#CC(C)(C)c1ccc(C(F)(F)F)o1. The highest BCUT2D eigenvalue weighted by Crippen LogP contribution is 2.33. The van der Waals surface area contributed by atoms with Crippen LogP contribution in [0.15, 0.2) is 16.5 Å². The van der Waals surface area contributed by atoms with Crippen LogP contribution in [-0.4, -0.2) is 0 Å². The third kappa shape index (κ3) is 1.92. The van der Waals surface area contributed by atoms with Crippen LogP contribution >= 0.6 is 0 Å². The molecule has 0 aliphatic heterocycles. The molecule has 0 aliphatic rings. The predicted molar refractivity (Wildman–Crippen MR) is 45.6 cm³/mol. The molecule has 0 saturated carbocycles. The molecule has 1 nitrogen and oxygen atoms in total. The fourth-order valence-corrected chi connectivity index (χ4v) is 0.897. The van der Waals surface area contributed by atoms with Gasteiger partial charge in [-0.1, -0.05) is 5.92 Å². The van der Waals surface area contributed by atoms with E-state index >= 15 is 0 Å². The van der Waals surface area contributed by atoms with Crippen LogP contribution in [0.5, 0.6) is 0 Å². The van der Waals surface area contributed by atoms with E-state index < -0.39 is 17.4 Å². The average Bonchev–Trinajstić information content (AvgIpc) is 2.51. The van der Waals surface area contributed by atoms with Gasteiger partial charge in [-0.15, -0.1) is 6.42 Å². The second kappa shape index (κ2) is 3.09. The minimum Gasteiger partial charge on any atom is -0.455 e. The van der Waals surface area contributed by atoms with Gasteiger partial charge >= 0.3 is 6.18 Å². The fourth-order valence-electron chi connectivity index (χ4n) is 0.897. The highest BCUT2D eigenvalue weighted by molar-refractivity contribution is 5.25. The summed E-state index contributed by atoms with van der Waals surface area (Å²) in [5.74, 6) is 1.49. The molecule has 0 fully saturated rings. The Morgan fingerprint density at radius 3 is 2.07 bits per heavy atom. The van der Waals surface area contributed by atoms with Gasteiger partial charge in [-0.05, 0) is 26.0 Å². The first-order chi connectivity index (χ1) is 6.27. The Morgan fingerprint density at radius 2 is 1.71 bits per heavy atom. The zero-order valence-corrected chi connectivity index (χ0v) is 7.77. The largest absolute Gasteiger partial charge is 0.455 e. The molecule has 0 spiro atoms. The van der Waals surface area contributed by atoms with Gasteiger partial charge in [0, 0.05) is 0 Å². The number of alkyl halides is 3. The number of rotatable bonds is 1. The minimum atomic E-state index is -4.46. The van der Waals surface area contributed by atoms with Gasteiger partial charge in [-0.3, -0.25) is 0 Å². The number of furan rings is 1. The lowest BCUT2D eigenvalue weighted by Gasteiger charge is -2.13. The molecule has 1 rings (SSSR count). The maximum Gasteiger partial charge on any atom is 0.449 e. The van der Waals surface area contributed by atoms with Gasteiger partial charge in [0.1, 0.15) is 5.76 Å². The smallest absolute Gasteiger partial charge is 0.449 e. The number of terminal acetylenes is 1. The summed E-state index contributed by atoms with van der Waals surface area (Å²) in [6.07, 6.45) is 0.710. The number of halogens is 3. The van der Waals surface area contributed by atoms with Crippen molar-refractivity contribution < 1.29 is 17.6 Å². The van der Waals surface area contributed by atoms with Gasteiger partial charge in [-0.2, -0.15) is 13.2 Å². The van der Waals surface area contributed by atoms with Crippen molar-refractivity contribution >= 4 is 0 Å². The minimum absolute atomic E-state index is 0.146. The molecular formula is C10H9F3O. The number of hydrogen-bond acceptors (Lipinski definition) is 1. The second-order valence-electron chi connectivity index (χ2n) is 3.43. The van der Waals surface area contributed by atoms with Crippen LogP contribution in [0.25, 0.3) is 0 Å². The molecular weight excluding hydrogens is 193 g/mol. The Balaban J connectivity index is 3.08. The van der Waals surface area contributed by atoms with Crippen LogP contribution in [0.4, 0.5) is 13.2 Å². The van der Waals surface area contributed by atoms with Gasteiger partial charge in [0.15, 0.2) is 0 Å². The normalized spacial score (nSPS) is 12.6. The summed E-state index contributed by atoms with van der Waals surface area (Å²) < 4.78 is 41.1. The van der Waals surface area contributed by atoms with E-state index in [9.17, 15) is 13.2 Å². The topological polar surface area (TPSA) is 13.1 Å². The third-order valence-electron chi connectivity index (χ3n) is 1.86. The Hall–Kier alpha value is -1.37. The lowest BCUT2D eigenvalue weighted by Crippen LogP contribution is -2.12. The molecule has 1 aromatic heterocycles. The molecule has 0 N–H and O–H groups in total. The molecule has 1 aromatic rings. The molecule has 4 heteroatoms. The Kier molecular flexibility index (Phi) is 2.36. The summed E-state index contributed by atoms with van der Waals surface area (Å²) in [4.78, 5) is 0. The van der Waals surface area contributed by atoms with Crippen molar-refractivity contribution in [3.8, 4) is 12.3 Å². The van der Waals surface area contributed by atoms with E-state index in [4.69, 9.17) is 6.42 Å². The standard InChI is InChI=1S/C10H9F3O/c1-4-9(2,3)7-5-6-8(14-7)10(11,12)13/h1,5-6H,2-3H3. The van der Waals surface area contributed by atoms with Crippen LogP contribution in [-0.2, 0) is 11.6 Å². The fraction of sp³-hybridized carbons (Fsp3) is 0.400. The zero-order valence-electron chi connectivity index (χ0n) is 7.77. The molecule has 0 unspecified atom stereocenters. The summed E-state index contributed by atoms with van der Waals surface area (Å²) in [5.41, 5.74) is -0.816. The quantitative estimate of drug-likeness (QED) is 0.637. The summed E-state index contributed by atoms with van der Waals surface area (Å²) in [5, 5.41) is 0. The average molecular weight is 202 g/mol. The molecule has 0 bridgehead atoms. The first-order valence-corrected chi connectivity index (χ1v) is 3.92. The zero-order chi connectivity index (χ0) is 11.0. The maximum absolute atomic E-state index is 12.1. The van der Waals surface area contributed by atoms with Crippen molar-refractivity contribution in [3.63, 3.8) is 0 Å². The van der Waals surface area contributed by atoms with E-state index in [1.54, 1.807) is 13.8 Å². The molecule has 0 atom stereocenters. The first-order valence-electron chi connectivity index (χ1n) is 3.92. The van der Waals surface area contributed by atoms with Crippen molar-refractivity contribution in [2.24, 2.45) is 0 Å². The van der Waals surface area contributed by atoms with Crippen molar-refractivity contribution in [3.05, 3.63) is 23.7 Å². The van der Waals surface area contributed by atoms with Gasteiger partial charge in [0.05, 0.1) is 5.41 Å². The van der Waals surface area contributed by atoms with E-state index in [0.717, 1.165) is 6.07 Å². The van der Waals surface area contributed by atoms with Crippen molar-refractivity contribution in [2.75, 3.05) is 0 Å².